The molecule has 0 N–H and O–H groups in total. The van der Waals surface area contributed by atoms with Gasteiger partial charge >= 0.3 is 5.97 Å². The van der Waals surface area contributed by atoms with Crippen LogP contribution in [-0.2, 0) is 9.53 Å². The van der Waals surface area contributed by atoms with E-state index in [4.69, 9.17) is 4.74 Å². The Morgan fingerprint density at radius 2 is 2.11 bits per heavy atom. The molecule has 0 saturated heterocycles. The fourth-order valence-electron chi connectivity index (χ4n) is 1.39. The molecule has 0 amide bonds. The summed E-state index contributed by atoms with van der Waals surface area (Å²) < 4.78 is 18.9. The van der Waals surface area contributed by atoms with Crippen molar-refractivity contribution < 1.29 is 18.8 Å². The maximum absolute atomic E-state index is 14.0. The van der Waals surface area contributed by atoms with Gasteiger partial charge in [0.2, 0.25) is 0 Å². The number of hydrogen-bond acceptors (Lipinski definition) is 4. The monoisotopic (exact) mass is 267 g/mol. The molecule has 5 nitrogen and oxygen atoms in total. The second-order valence-corrected chi connectivity index (χ2v) is 4.19. The average Bonchev–Trinajstić information content (AvgIpc) is 2.36. The molecule has 0 bridgehead atoms. The SMILES string of the molecule is C=C(C(=O)OC(C)C)C(F)c1cccc([N+](=O)[O-])c1. The van der Waals surface area contributed by atoms with Gasteiger partial charge in [0.15, 0.2) is 6.17 Å². The van der Waals surface area contributed by atoms with E-state index in [1.54, 1.807) is 13.8 Å². The summed E-state index contributed by atoms with van der Waals surface area (Å²) in [6, 6.07) is 5.01. The number of ether oxygens (including phenoxy) is 1. The van der Waals surface area contributed by atoms with Crippen LogP contribution in [0.5, 0.6) is 0 Å². The highest BCUT2D eigenvalue weighted by atomic mass is 19.1. The Bertz CT molecular complexity index is 513. The molecule has 0 spiro atoms. The molecule has 0 aromatic heterocycles. The summed E-state index contributed by atoms with van der Waals surface area (Å²) >= 11 is 0. The molecule has 1 aromatic carbocycles. The van der Waals surface area contributed by atoms with Gasteiger partial charge in [-0.3, -0.25) is 10.1 Å². The number of benzene rings is 1. The number of carbonyl (C=O) groups excluding carboxylic acids is 1. The van der Waals surface area contributed by atoms with Gasteiger partial charge in [0.1, 0.15) is 0 Å². The van der Waals surface area contributed by atoms with Gasteiger partial charge in [-0.2, -0.15) is 0 Å². The second kappa shape index (κ2) is 6.08. The smallest absolute Gasteiger partial charge is 0.336 e. The molecule has 1 atom stereocenters. The van der Waals surface area contributed by atoms with Crippen LogP contribution in [0.4, 0.5) is 10.1 Å². The number of halogens is 1. The number of carbonyl (C=O) groups is 1. The van der Waals surface area contributed by atoms with E-state index in [2.05, 4.69) is 6.58 Å². The molecule has 1 rings (SSSR count). The molecule has 102 valence electrons. The van der Waals surface area contributed by atoms with Gasteiger partial charge in [-0.15, -0.1) is 0 Å². The van der Waals surface area contributed by atoms with Crippen molar-refractivity contribution in [1.29, 1.82) is 0 Å². The van der Waals surface area contributed by atoms with Crippen LogP contribution in [0.25, 0.3) is 0 Å². The molecule has 1 unspecified atom stereocenters. The number of nitrogens with zero attached hydrogens (tertiary/aromatic N) is 1. The Balaban J connectivity index is 2.91. The minimum Gasteiger partial charge on any atom is -0.460 e. The first kappa shape index (κ1) is 14.8. The Labute approximate surface area is 109 Å². The third kappa shape index (κ3) is 3.87. The van der Waals surface area contributed by atoms with Crippen molar-refractivity contribution in [3.8, 4) is 0 Å². The molecular formula is C13H14FNO4. The predicted molar refractivity (Wildman–Crippen MR) is 67.3 cm³/mol. The van der Waals surface area contributed by atoms with Crippen LogP contribution in [0.1, 0.15) is 25.6 Å². The van der Waals surface area contributed by atoms with Gasteiger partial charge in [0, 0.05) is 12.1 Å². The fraction of sp³-hybridized carbons (Fsp3) is 0.308. The summed E-state index contributed by atoms with van der Waals surface area (Å²) in [6.07, 6.45) is -2.22. The highest BCUT2D eigenvalue weighted by Crippen LogP contribution is 2.28. The first-order chi connectivity index (χ1) is 8.82. The number of nitro benzene ring substituents is 1. The summed E-state index contributed by atoms with van der Waals surface area (Å²) in [5, 5.41) is 10.6. The Kier molecular flexibility index (Phi) is 4.74. The first-order valence-electron chi connectivity index (χ1n) is 5.61. The first-order valence-corrected chi connectivity index (χ1v) is 5.61. The summed E-state index contributed by atoms with van der Waals surface area (Å²) in [6.45, 7) is 6.60. The molecule has 0 fully saturated rings. The molecule has 0 radical (unpaired) electrons. The van der Waals surface area contributed by atoms with Crippen LogP contribution in [0.3, 0.4) is 0 Å². The van der Waals surface area contributed by atoms with Crippen LogP contribution in [-0.4, -0.2) is 17.0 Å². The highest BCUT2D eigenvalue weighted by molar-refractivity contribution is 5.89. The van der Waals surface area contributed by atoms with Gasteiger partial charge in [-0.05, 0) is 19.4 Å². The van der Waals surface area contributed by atoms with E-state index in [0.29, 0.717) is 0 Å². The topological polar surface area (TPSA) is 69.4 Å². The summed E-state index contributed by atoms with van der Waals surface area (Å²) in [5.41, 5.74) is -0.626. The Hall–Kier alpha value is -2.24. The fourth-order valence-corrected chi connectivity index (χ4v) is 1.39. The normalized spacial score (nSPS) is 12.0. The molecule has 0 aliphatic rings. The van der Waals surface area contributed by atoms with Crippen molar-refractivity contribution in [2.24, 2.45) is 0 Å². The van der Waals surface area contributed by atoms with E-state index in [0.717, 1.165) is 6.07 Å². The highest BCUT2D eigenvalue weighted by Gasteiger charge is 2.23. The molecular weight excluding hydrogens is 253 g/mol. The predicted octanol–water partition coefficient (Wildman–Crippen LogP) is 3.11. The molecule has 1 aromatic rings. The van der Waals surface area contributed by atoms with Crippen molar-refractivity contribution in [1.82, 2.24) is 0 Å². The lowest BCUT2D eigenvalue weighted by Crippen LogP contribution is -2.16. The molecule has 0 saturated carbocycles. The van der Waals surface area contributed by atoms with Crippen molar-refractivity contribution in [3.63, 3.8) is 0 Å². The standard InChI is InChI=1S/C13H14FNO4/c1-8(2)19-13(16)9(3)12(14)10-5-4-6-11(7-10)15(17)18/h4-8,12H,3H2,1-2H3. The van der Waals surface area contributed by atoms with E-state index in [1.165, 1.54) is 18.2 Å². The maximum Gasteiger partial charge on any atom is 0.336 e. The van der Waals surface area contributed by atoms with E-state index >= 15 is 0 Å². The summed E-state index contributed by atoms with van der Waals surface area (Å²) in [4.78, 5) is 21.5. The molecule has 6 heteroatoms. The summed E-state index contributed by atoms with van der Waals surface area (Å²) in [7, 11) is 0. The number of hydrogen-bond donors (Lipinski definition) is 0. The van der Waals surface area contributed by atoms with Gasteiger partial charge in [-0.25, -0.2) is 9.18 Å². The lowest BCUT2D eigenvalue weighted by atomic mass is 10.0. The number of rotatable bonds is 5. The van der Waals surface area contributed by atoms with Crippen LogP contribution >= 0.6 is 0 Å². The quantitative estimate of drug-likeness (QED) is 0.356. The number of non-ortho nitro benzene ring substituents is 1. The Morgan fingerprint density at radius 3 is 2.63 bits per heavy atom. The van der Waals surface area contributed by atoms with Crippen molar-refractivity contribution in [2.45, 2.75) is 26.1 Å². The third-order valence-electron chi connectivity index (χ3n) is 2.28. The molecule has 19 heavy (non-hydrogen) atoms. The van der Waals surface area contributed by atoms with Gasteiger partial charge in [0.05, 0.1) is 16.6 Å². The van der Waals surface area contributed by atoms with E-state index in [9.17, 15) is 19.3 Å². The van der Waals surface area contributed by atoms with Gasteiger partial charge in [-0.1, -0.05) is 18.7 Å². The second-order valence-electron chi connectivity index (χ2n) is 4.19. The average molecular weight is 267 g/mol. The third-order valence-corrected chi connectivity index (χ3v) is 2.28. The zero-order valence-electron chi connectivity index (χ0n) is 10.6. The number of alkyl halides is 1. The van der Waals surface area contributed by atoms with Crippen LogP contribution in [0.2, 0.25) is 0 Å². The number of nitro groups is 1. The van der Waals surface area contributed by atoms with Crippen molar-refractivity contribution >= 4 is 11.7 Å². The van der Waals surface area contributed by atoms with E-state index < -0.39 is 17.1 Å². The van der Waals surface area contributed by atoms with Crippen LogP contribution in [0.15, 0.2) is 36.4 Å². The van der Waals surface area contributed by atoms with Gasteiger partial charge < -0.3 is 4.74 Å². The van der Waals surface area contributed by atoms with Gasteiger partial charge in [0.25, 0.3) is 5.69 Å². The largest absolute Gasteiger partial charge is 0.460 e. The van der Waals surface area contributed by atoms with E-state index in [-0.39, 0.29) is 22.9 Å². The zero-order valence-corrected chi connectivity index (χ0v) is 10.6. The summed E-state index contributed by atoms with van der Waals surface area (Å²) in [5.74, 6) is -0.853. The molecule has 0 heterocycles. The lowest BCUT2D eigenvalue weighted by molar-refractivity contribution is -0.384. The maximum atomic E-state index is 14.0. The van der Waals surface area contributed by atoms with E-state index in [1.807, 2.05) is 0 Å². The van der Waals surface area contributed by atoms with Crippen LogP contribution < -0.4 is 0 Å². The lowest BCUT2D eigenvalue weighted by Gasteiger charge is -2.13. The number of esters is 1. The molecule has 0 aliphatic heterocycles. The van der Waals surface area contributed by atoms with Crippen molar-refractivity contribution in [2.75, 3.05) is 0 Å². The minimum atomic E-state index is -1.83. The van der Waals surface area contributed by atoms with Crippen molar-refractivity contribution in [3.05, 3.63) is 52.1 Å². The minimum absolute atomic E-state index is 0.0000869. The zero-order chi connectivity index (χ0) is 14.6. The molecule has 0 aliphatic carbocycles. The van der Waals surface area contributed by atoms with Crippen LogP contribution in [0, 0.1) is 10.1 Å². The Morgan fingerprint density at radius 1 is 1.47 bits per heavy atom.